The topological polar surface area (TPSA) is 58.4 Å². The molecule has 4 nitrogen and oxygen atoms in total. The molecule has 0 aromatic carbocycles. The molecular formula is C9H19N3O. The smallest absolute Gasteiger partial charge is 0.236 e. The monoisotopic (exact) mass is 185 g/mol. The first-order valence-corrected chi connectivity index (χ1v) is 4.85. The maximum absolute atomic E-state index is 11.2. The molecule has 2 atom stereocenters. The van der Waals surface area contributed by atoms with Crippen LogP contribution in [0.25, 0.3) is 0 Å². The zero-order chi connectivity index (χ0) is 9.84. The minimum atomic E-state index is -0.397. The van der Waals surface area contributed by atoms with Crippen molar-refractivity contribution in [2.24, 2.45) is 5.73 Å². The Morgan fingerprint density at radius 2 is 2.46 bits per heavy atom. The lowest BCUT2D eigenvalue weighted by Gasteiger charge is -2.20. The Morgan fingerprint density at radius 3 is 2.92 bits per heavy atom. The second-order valence-corrected chi connectivity index (χ2v) is 3.81. The molecule has 3 N–H and O–H groups in total. The number of nitrogens with two attached hydrogens (primary N) is 1. The van der Waals surface area contributed by atoms with Crippen LogP contribution < -0.4 is 11.1 Å². The Balaban J connectivity index is 2.22. The van der Waals surface area contributed by atoms with Gasteiger partial charge in [0, 0.05) is 12.6 Å². The molecule has 1 saturated heterocycles. The summed E-state index contributed by atoms with van der Waals surface area (Å²) in [5, 5.41) is 2.85. The van der Waals surface area contributed by atoms with E-state index in [-0.39, 0.29) is 5.91 Å². The number of nitrogens with one attached hydrogen (secondary N) is 1. The number of hydrogen-bond acceptors (Lipinski definition) is 3. The van der Waals surface area contributed by atoms with E-state index in [2.05, 4.69) is 17.3 Å². The summed E-state index contributed by atoms with van der Waals surface area (Å²) in [5.41, 5.74) is 5.43. The van der Waals surface area contributed by atoms with Crippen molar-refractivity contribution < 1.29 is 4.79 Å². The van der Waals surface area contributed by atoms with Crippen LogP contribution in [-0.4, -0.2) is 43.0 Å². The fraction of sp³-hybridized carbons (Fsp3) is 0.889. The molecule has 0 saturated carbocycles. The van der Waals surface area contributed by atoms with Crippen molar-refractivity contribution in [1.29, 1.82) is 0 Å². The summed E-state index contributed by atoms with van der Waals surface area (Å²) >= 11 is 0. The largest absolute Gasteiger partial charge is 0.353 e. The van der Waals surface area contributed by atoms with Gasteiger partial charge < -0.3 is 16.0 Å². The highest BCUT2D eigenvalue weighted by atomic mass is 16.2. The van der Waals surface area contributed by atoms with E-state index in [1.807, 2.05) is 0 Å². The molecule has 1 rings (SSSR count). The summed E-state index contributed by atoms with van der Waals surface area (Å²) in [6.07, 6.45) is 2.41. The van der Waals surface area contributed by atoms with Gasteiger partial charge in [-0.3, -0.25) is 4.79 Å². The van der Waals surface area contributed by atoms with E-state index in [1.165, 1.54) is 12.8 Å². The molecule has 1 heterocycles. The number of nitrogens with zero attached hydrogens (tertiary/aromatic N) is 1. The highest BCUT2D eigenvalue weighted by molar-refractivity contribution is 5.80. The number of likely N-dealkylation sites (N-methyl/N-ethyl adjacent to an activating group) is 1. The first-order valence-electron chi connectivity index (χ1n) is 4.85. The fourth-order valence-corrected chi connectivity index (χ4v) is 1.62. The van der Waals surface area contributed by atoms with Crippen molar-refractivity contribution >= 4 is 5.91 Å². The second kappa shape index (κ2) is 4.58. The number of hydrogen-bond donors (Lipinski definition) is 2. The molecule has 76 valence electrons. The van der Waals surface area contributed by atoms with Crippen LogP contribution in [0.4, 0.5) is 0 Å². The molecule has 1 aliphatic heterocycles. The van der Waals surface area contributed by atoms with Gasteiger partial charge in [-0.15, -0.1) is 0 Å². The lowest BCUT2D eigenvalue weighted by molar-refractivity contribution is -0.122. The average Bonchev–Trinajstić information content (AvgIpc) is 2.47. The van der Waals surface area contributed by atoms with Crippen LogP contribution in [0.15, 0.2) is 0 Å². The molecule has 1 amide bonds. The van der Waals surface area contributed by atoms with Gasteiger partial charge in [0.1, 0.15) is 0 Å². The number of likely N-dealkylation sites (tertiary alicyclic amines) is 1. The summed E-state index contributed by atoms with van der Waals surface area (Å²) in [6, 6.07) is 0.106. The van der Waals surface area contributed by atoms with E-state index in [0.717, 1.165) is 13.1 Å². The lowest BCUT2D eigenvalue weighted by Crippen LogP contribution is -2.44. The van der Waals surface area contributed by atoms with Crippen LogP contribution in [0.1, 0.15) is 19.8 Å². The van der Waals surface area contributed by atoms with Crippen LogP contribution in [0, 0.1) is 0 Å². The summed E-state index contributed by atoms with van der Waals surface area (Å²) < 4.78 is 0. The number of amides is 1. The Morgan fingerprint density at radius 1 is 1.77 bits per heavy atom. The molecular weight excluding hydrogens is 166 g/mol. The van der Waals surface area contributed by atoms with Gasteiger partial charge in [0.2, 0.25) is 5.91 Å². The fourth-order valence-electron chi connectivity index (χ4n) is 1.62. The SMILES string of the molecule is CC(N)C(=O)NC[C@@H]1CCCN1C. The number of rotatable bonds is 3. The van der Waals surface area contributed by atoms with E-state index in [0.29, 0.717) is 6.04 Å². The lowest BCUT2D eigenvalue weighted by atomic mass is 10.2. The Bertz CT molecular complexity index is 182. The zero-order valence-corrected chi connectivity index (χ0v) is 8.42. The van der Waals surface area contributed by atoms with Gasteiger partial charge in [0.25, 0.3) is 0 Å². The van der Waals surface area contributed by atoms with Crippen LogP contribution in [0.2, 0.25) is 0 Å². The molecule has 0 bridgehead atoms. The third-order valence-corrected chi connectivity index (χ3v) is 2.60. The normalized spacial score (nSPS) is 25.9. The quantitative estimate of drug-likeness (QED) is 0.626. The first-order chi connectivity index (χ1) is 6.11. The molecule has 1 fully saturated rings. The predicted molar refractivity (Wildman–Crippen MR) is 52.3 cm³/mol. The number of carbonyl (C=O) groups is 1. The van der Waals surface area contributed by atoms with Crippen LogP contribution >= 0.6 is 0 Å². The summed E-state index contributed by atoms with van der Waals surface area (Å²) in [6.45, 7) is 3.57. The van der Waals surface area contributed by atoms with Crippen LogP contribution in [0.5, 0.6) is 0 Å². The zero-order valence-electron chi connectivity index (χ0n) is 8.42. The third kappa shape index (κ3) is 2.97. The molecule has 1 unspecified atom stereocenters. The standard InChI is InChI=1S/C9H19N3O/c1-7(10)9(13)11-6-8-4-3-5-12(8)2/h7-8H,3-6,10H2,1-2H3,(H,11,13)/t7?,8-/m0/s1. The van der Waals surface area contributed by atoms with Crippen LogP contribution in [0.3, 0.4) is 0 Å². The van der Waals surface area contributed by atoms with Gasteiger partial charge >= 0.3 is 0 Å². The summed E-state index contributed by atoms with van der Waals surface area (Å²) in [4.78, 5) is 13.4. The predicted octanol–water partition coefficient (Wildman–Crippen LogP) is -0.456. The molecule has 0 spiro atoms. The molecule has 1 aliphatic rings. The van der Waals surface area contributed by atoms with Crippen molar-refractivity contribution in [2.45, 2.75) is 31.8 Å². The third-order valence-electron chi connectivity index (χ3n) is 2.60. The van der Waals surface area contributed by atoms with Crippen molar-refractivity contribution in [3.8, 4) is 0 Å². The van der Waals surface area contributed by atoms with Crippen molar-refractivity contribution in [3.63, 3.8) is 0 Å². The van der Waals surface area contributed by atoms with E-state index in [4.69, 9.17) is 5.73 Å². The van der Waals surface area contributed by atoms with Gasteiger partial charge in [-0.2, -0.15) is 0 Å². The van der Waals surface area contributed by atoms with Gasteiger partial charge in [-0.25, -0.2) is 0 Å². The maximum Gasteiger partial charge on any atom is 0.236 e. The Kier molecular flexibility index (Phi) is 3.69. The van der Waals surface area contributed by atoms with Gasteiger partial charge in [0.15, 0.2) is 0 Å². The van der Waals surface area contributed by atoms with Crippen molar-refractivity contribution in [3.05, 3.63) is 0 Å². The molecule has 13 heavy (non-hydrogen) atoms. The van der Waals surface area contributed by atoms with Crippen molar-refractivity contribution in [1.82, 2.24) is 10.2 Å². The molecule has 4 heteroatoms. The first kappa shape index (κ1) is 10.5. The molecule has 0 aromatic rings. The van der Waals surface area contributed by atoms with Crippen LogP contribution in [-0.2, 0) is 4.79 Å². The maximum atomic E-state index is 11.2. The Hall–Kier alpha value is -0.610. The summed E-state index contributed by atoms with van der Waals surface area (Å²) in [5.74, 6) is -0.0553. The summed E-state index contributed by atoms with van der Waals surface area (Å²) in [7, 11) is 2.09. The van der Waals surface area contributed by atoms with Crippen molar-refractivity contribution in [2.75, 3.05) is 20.1 Å². The van der Waals surface area contributed by atoms with E-state index in [9.17, 15) is 4.79 Å². The van der Waals surface area contributed by atoms with Gasteiger partial charge in [0.05, 0.1) is 6.04 Å². The van der Waals surface area contributed by atoms with Gasteiger partial charge in [-0.1, -0.05) is 0 Å². The van der Waals surface area contributed by atoms with Gasteiger partial charge in [-0.05, 0) is 33.4 Å². The highest BCUT2D eigenvalue weighted by Gasteiger charge is 2.21. The minimum Gasteiger partial charge on any atom is -0.353 e. The van der Waals surface area contributed by atoms with E-state index >= 15 is 0 Å². The second-order valence-electron chi connectivity index (χ2n) is 3.81. The highest BCUT2D eigenvalue weighted by Crippen LogP contribution is 2.13. The number of carbonyl (C=O) groups excluding carboxylic acids is 1. The molecule has 0 aliphatic carbocycles. The van der Waals surface area contributed by atoms with E-state index < -0.39 is 6.04 Å². The Labute approximate surface area is 79.5 Å². The van der Waals surface area contributed by atoms with E-state index in [1.54, 1.807) is 6.92 Å². The minimum absolute atomic E-state index is 0.0553. The molecule has 0 aromatic heterocycles. The molecule has 0 radical (unpaired) electrons. The average molecular weight is 185 g/mol.